The van der Waals surface area contributed by atoms with Crippen LogP contribution >= 0.6 is 0 Å². The number of amides is 2. The molecule has 0 spiro atoms. The van der Waals surface area contributed by atoms with Gasteiger partial charge in [0.1, 0.15) is 0 Å². The van der Waals surface area contributed by atoms with E-state index in [-0.39, 0.29) is 18.4 Å². The van der Waals surface area contributed by atoms with Crippen molar-refractivity contribution in [3.05, 3.63) is 71.4 Å². The lowest BCUT2D eigenvalue weighted by Crippen LogP contribution is -2.51. The zero-order valence-corrected chi connectivity index (χ0v) is 16.4. The number of hydrogen-bond donors (Lipinski definition) is 3. The Morgan fingerprint density at radius 2 is 1.97 bits per heavy atom. The van der Waals surface area contributed by atoms with Crippen LogP contribution in [0.3, 0.4) is 0 Å². The summed E-state index contributed by atoms with van der Waals surface area (Å²) in [5, 5.41) is 4.09. The monoisotopic (exact) mass is 391 g/mol. The first-order valence-corrected chi connectivity index (χ1v) is 9.88. The van der Waals surface area contributed by atoms with Crippen LogP contribution in [0.4, 0.5) is 4.79 Å². The fourth-order valence-corrected chi connectivity index (χ4v) is 4.24. The molecule has 0 saturated heterocycles. The Balaban J connectivity index is 1.61. The third-order valence-electron chi connectivity index (χ3n) is 5.68. The van der Waals surface area contributed by atoms with E-state index in [9.17, 15) is 9.59 Å². The maximum atomic E-state index is 13.3. The maximum absolute atomic E-state index is 13.3. The van der Waals surface area contributed by atoms with E-state index in [2.05, 4.69) is 16.4 Å². The molecule has 0 fully saturated rings. The summed E-state index contributed by atoms with van der Waals surface area (Å²) in [5.41, 5.74) is 8.13. The van der Waals surface area contributed by atoms with Crippen molar-refractivity contribution in [1.82, 2.24) is 10.3 Å². The molecule has 2 unspecified atom stereocenters. The first-order chi connectivity index (χ1) is 14.0. The molecule has 4 N–H and O–H groups in total. The van der Waals surface area contributed by atoms with Gasteiger partial charge in [0.25, 0.3) is 5.91 Å². The summed E-state index contributed by atoms with van der Waals surface area (Å²) < 4.78 is 5.36. The Bertz CT molecular complexity index is 1060. The third kappa shape index (κ3) is 3.83. The largest absolute Gasteiger partial charge is 0.433 e. The van der Waals surface area contributed by atoms with Gasteiger partial charge < -0.3 is 20.8 Å². The van der Waals surface area contributed by atoms with Crippen molar-refractivity contribution in [3.8, 4) is 0 Å². The van der Waals surface area contributed by atoms with E-state index in [1.165, 1.54) is 5.56 Å². The number of carbonyl (C=O) groups excluding carboxylic acids is 2. The number of rotatable bonds is 5. The van der Waals surface area contributed by atoms with Crippen molar-refractivity contribution in [2.75, 3.05) is 0 Å². The Labute approximate surface area is 169 Å². The zero-order valence-electron chi connectivity index (χ0n) is 16.4. The van der Waals surface area contributed by atoms with Gasteiger partial charge in [-0.15, -0.1) is 0 Å². The second kappa shape index (κ2) is 7.62. The third-order valence-corrected chi connectivity index (χ3v) is 5.68. The lowest BCUT2D eigenvalue weighted by atomic mass is 9.86. The van der Waals surface area contributed by atoms with Crippen LogP contribution in [0.2, 0.25) is 0 Å². The normalized spacial score (nSPS) is 17.9. The van der Waals surface area contributed by atoms with Crippen LogP contribution in [0.15, 0.2) is 54.7 Å². The second-order valence-corrected chi connectivity index (χ2v) is 7.81. The van der Waals surface area contributed by atoms with Gasteiger partial charge in [0, 0.05) is 23.5 Å². The number of hydrogen-bond acceptors (Lipinski definition) is 3. The number of H-pyrrole nitrogens is 1. The molecule has 1 aromatic heterocycles. The van der Waals surface area contributed by atoms with Gasteiger partial charge in [-0.1, -0.05) is 42.5 Å². The van der Waals surface area contributed by atoms with Crippen molar-refractivity contribution >= 4 is 22.9 Å². The molecule has 3 aromatic rings. The van der Waals surface area contributed by atoms with Crippen LogP contribution in [-0.4, -0.2) is 22.6 Å². The van der Waals surface area contributed by atoms with Gasteiger partial charge in [0.2, 0.25) is 0 Å². The molecule has 1 aliphatic carbocycles. The number of nitrogens with one attached hydrogen (secondary N) is 2. The fourth-order valence-electron chi connectivity index (χ4n) is 4.24. The summed E-state index contributed by atoms with van der Waals surface area (Å²) in [6.07, 6.45) is 3.95. The number of aromatic nitrogens is 1. The van der Waals surface area contributed by atoms with Crippen LogP contribution in [0.1, 0.15) is 42.5 Å². The highest BCUT2D eigenvalue weighted by Gasteiger charge is 2.39. The molecular weight excluding hydrogens is 366 g/mol. The standard InChI is InChI=1S/C23H25N3O3/c1-23(29-22(24)28,13-16-14-25-19-11-5-4-10-18(16)19)21(27)26-20-12-6-8-15-7-2-3-9-17(15)20/h2-5,7,9-11,14,20,25H,6,8,12-13H2,1H3,(H2,24,28)(H,26,27). The topological polar surface area (TPSA) is 97.2 Å². The van der Waals surface area contributed by atoms with Gasteiger partial charge in [-0.05, 0) is 48.9 Å². The lowest BCUT2D eigenvalue weighted by molar-refractivity contribution is -0.139. The van der Waals surface area contributed by atoms with Gasteiger partial charge in [0.15, 0.2) is 5.60 Å². The average molecular weight is 391 g/mol. The highest BCUT2D eigenvalue weighted by molar-refractivity contribution is 5.90. The minimum Gasteiger partial charge on any atom is -0.433 e. The van der Waals surface area contributed by atoms with Gasteiger partial charge >= 0.3 is 6.09 Å². The van der Waals surface area contributed by atoms with E-state index in [4.69, 9.17) is 10.5 Å². The molecule has 6 nitrogen and oxygen atoms in total. The highest BCUT2D eigenvalue weighted by Crippen LogP contribution is 2.31. The van der Waals surface area contributed by atoms with Crippen LogP contribution in [0.25, 0.3) is 10.9 Å². The first-order valence-electron chi connectivity index (χ1n) is 9.88. The van der Waals surface area contributed by atoms with E-state index in [1.54, 1.807) is 6.92 Å². The highest BCUT2D eigenvalue weighted by atomic mass is 16.6. The molecule has 2 amide bonds. The molecule has 6 heteroatoms. The maximum Gasteiger partial charge on any atom is 0.405 e. The summed E-state index contributed by atoms with van der Waals surface area (Å²) >= 11 is 0. The van der Waals surface area contributed by atoms with E-state index in [0.717, 1.165) is 41.3 Å². The average Bonchev–Trinajstić information content (AvgIpc) is 3.10. The molecule has 2 aromatic carbocycles. The van der Waals surface area contributed by atoms with Crippen molar-refractivity contribution in [1.29, 1.82) is 0 Å². The summed E-state index contributed by atoms with van der Waals surface area (Å²) in [5.74, 6) is -0.344. The van der Waals surface area contributed by atoms with Crippen LogP contribution in [0, 0.1) is 0 Å². The molecule has 0 saturated carbocycles. The minimum absolute atomic E-state index is 0.105. The number of aromatic amines is 1. The van der Waals surface area contributed by atoms with E-state index in [0.29, 0.717) is 0 Å². The zero-order chi connectivity index (χ0) is 20.4. The van der Waals surface area contributed by atoms with Gasteiger partial charge in [-0.3, -0.25) is 4.79 Å². The summed E-state index contributed by atoms with van der Waals surface area (Å²) in [6.45, 7) is 1.61. The molecule has 0 bridgehead atoms. The van der Waals surface area contributed by atoms with E-state index in [1.807, 2.05) is 48.7 Å². The Morgan fingerprint density at radius 3 is 2.79 bits per heavy atom. The molecule has 2 atom stereocenters. The quantitative estimate of drug-likeness (QED) is 0.618. The van der Waals surface area contributed by atoms with E-state index < -0.39 is 11.7 Å². The lowest BCUT2D eigenvalue weighted by Gasteiger charge is -2.32. The van der Waals surface area contributed by atoms with Gasteiger partial charge in [0.05, 0.1) is 6.04 Å². The SMILES string of the molecule is CC(Cc1c[nH]c2ccccc12)(OC(N)=O)C(=O)NC1CCCc2ccccc21. The molecule has 0 aliphatic heterocycles. The molecule has 4 rings (SSSR count). The van der Waals surface area contributed by atoms with Gasteiger partial charge in [-0.25, -0.2) is 4.79 Å². The fraction of sp³-hybridized carbons (Fsp3) is 0.304. The van der Waals surface area contributed by atoms with Crippen LogP contribution < -0.4 is 11.1 Å². The number of para-hydroxylation sites is 1. The number of aryl methyl sites for hydroxylation is 1. The number of ether oxygens (including phenoxy) is 1. The molecule has 0 radical (unpaired) electrons. The van der Waals surface area contributed by atoms with Crippen molar-refractivity contribution in [3.63, 3.8) is 0 Å². The molecule has 29 heavy (non-hydrogen) atoms. The molecule has 150 valence electrons. The Morgan fingerprint density at radius 1 is 1.21 bits per heavy atom. The Kier molecular flexibility index (Phi) is 5.01. The summed E-state index contributed by atoms with van der Waals surface area (Å²) in [7, 11) is 0. The minimum atomic E-state index is -1.41. The van der Waals surface area contributed by atoms with E-state index >= 15 is 0 Å². The summed E-state index contributed by atoms with van der Waals surface area (Å²) in [6, 6.07) is 15.8. The number of carbonyl (C=O) groups is 2. The number of primary amides is 1. The number of fused-ring (bicyclic) bond motifs is 2. The van der Waals surface area contributed by atoms with Crippen molar-refractivity contribution in [2.45, 2.75) is 44.2 Å². The summed E-state index contributed by atoms with van der Waals surface area (Å²) in [4.78, 5) is 28.1. The molecule has 1 aliphatic rings. The number of benzene rings is 2. The smallest absolute Gasteiger partial charge is 0.405 e. The predicted molar refractivity (Wildman–Crippen MR) is 111 cm³/mol. The second-order valence-electron chi connectivity index (χ2n) is 7.81. The molecular formula is C23H25N3O3. The molecule has 1 heterocycles. The number of nitrogens with two attached hydrogens (primary N) is 1. The van der Waals surface area contributed by atoms with Crippen molar-refractivity contribution < 1.29 is 14.3 Å². The predicted octanol–water partition coefficient (Wildman–Crippen LogP) is 3.76. The van der Waals surface area contributed by atoms with Crippen LogP contribution in [-0.2, 0) is 22.4 Å². The first kappa shape index (κ1) is 19.1. The van der Waals surface area contributed by atoms with Crippen molar-refractivity contribution in [2.24, 2.45) is 5.73 Å². The van der Waals surface area contributed by atoms with Crippen LogP contribution in [0.5, 0.6) is 0 Å². The Hall–Kier alpha value is -3.28. The van der Waals surface area contributed by atoms with Gasteiger partial charge in [-0.2, -0.15) is 0 Å².